The molecule has 0 aromatic carbocycles. The Bertz CT molecular complexity index is 254. The minimum atomic E-state index is -0.898. The van der Waals surface area contributed by atoms with Gasteiger partial charge >= 0.3 is 6.09 Å². The first-order chi connectivity index (χ1) is 6.79. The molecular weight excluding hydrogens is 190 g/mol. The summed E-state index contributed by atoms with van der Waals surface area (Å²) in [6.45, 7) is 8.71. The maximum atomic E-state index is 10.8. The first-order valence-corrected chi connectivity index (χ1v) is 5.80. The van der Waals surface area contributed by atoms with Gasteiger partial charge in [-0.25, -0.2) is 4.79 Å². The molecule has 1 aliphatic rings. The molecule has 0 aromatic heterocycles. The molecule has 0 unspecified atom stereocenters. The molecule has 0 aromatic rings. The zero-order valence-corrected chi connectivity index (χ0v) is 10.3. The largest absolute Gasteiger partial charge is 0.465 e. The van der Waals surface area contributed by atoms with Crippen molar-refractivity contribution in [2.45, 2.75) is 58.9 Å². The van der Waals surface area contributed by atoms with E-state index in [1.165, 1.54) is 6.42 Å². The molecule has 0 spiro atoms. The molecule has 0 heterocycles. The molecule has 15 heavy (non-hydrogen) atoms. The van der Waals surface area contributed by atoms with Crippen molar-refractivity contribution in [3.63, 3.8) is 0 Å². The Morgan fingerprint density at radius 1 is 1.47 bits per heavy atom. The van der Waals surface area contributed by atoms with E-state index in [0.717, 1.165) is 19.3 Å². The van der Waals surface area contributed by atoms with Crippen LogP contribution in [0, 0.1) is 11.3 Å². The Hall–Kier alpha value is -0.730. The Labute approximate surface area is 92.3 Å². The van der Waals surface area contributed by atoms with Crippen molar-refractivity contribution in [3.05, 3.63) is 0 Å². The highest BCUT2D eigenvalue weighted by atomic mass is 16.4. The van der Waals surface area contributed by atoms with Gasteiger partial charge in [-0.05, 0) is 37.5 Å². The van der Waals surface area contributed by atoms with E-state index in [0.29, 0.717) is 5.92 Å². The van der Waals surface area contributed by atoms with Gasteiger partial charge in [0.2, 0.25) is 0 Å². The van der Waals surface area contributed by atoms with Crippen LogP contribution in [0.5, 0.6) is 0 Å². The Morgan fingerprint density at radius 2 is 2.07 bits per heavy atom. The highest BCUT2D eigenvalue weighted by Crippen LogP contribution is 2.45. The molecule has 0 bridgehead atoms. The fourth-order valence-electron chi connectivity index (χ4n) is 3.39. The van der Waals surface area contributed by atoms with Crippen molar-refractivity contribution in [3.8, 4) is 0 Å². The van der Waals surface area contributed by atoms with Gasteiger partial charge in [0.25, 0.3) is 0 Å². The molecule has 1 amide bonds. The maximum absolute atomic E-state index is 10.8. The van der Waals surface area contributed by atoms with E-state index >= 15 is 0 Å². The summed E-state index contributed by atoms with van der Waals surface area (Å²) >= 11 is 0. The van der Waals surface area contributed by atoms with Gasteiger partial charge in [-0.2, -0.15) is 0 Å². The average molecular weight is 213 g/mol. The number of nitrogens with one attached hydrogen (secondary N) is 1. The quantitative estimate of drug-likeness (QED) is 0.739. The molecule has 0 aliphatic heterocycles. The van der Waals surface area contributed by atoms with Crippen molar-refractivity contribution in [1.29, 1.82) is 0 Å². The molecule has 1 aliphatic carbocycles. The van der Waals surface area contributed by atoms with E-state index in [-0.39, 0.29) is 11.0 Å². The lowest BCUT2D eigenvalue weighted by Gasteiger charge is -2.47. The van der Waals surface area contributed by atoms with Crippen LogP contribution in [0.1, 0.15) is 53.4 Å². The topological polar surface area (TPSA) is 49.3 Å². The number of carboxylic acid groups (broad SMARTS) is 1. The molecule has 1 saturated carbocycles. The second-order valence-corrected chi connectivity index (χ2v) is 5.85. The average Bonchev–Trinajstić information content (AvgIpc) is 1.98. The minimum Gasteiger partial charge on any atom is -0.465 e. The zero-order valence-electron chi connectivity index (χ0n) is 10.3. The lowest BCUT2D eigenvalue weighted by atomic mass is 9.63. The van der Waals surface area contributed by atoms with Crippen molar-refractivity contribution in [1.82, 2.24) is 5.32 Å². The van der Waals surface area contributed by atoms with E-state index in [1.807, 2.05) is 6.92 Å². The van der Waals surface area contributed by atoms with Gasteiger partial charge in [0.1, 0.15) is 0 Å². The van der Waals surface area contributed by atoms with Gasteiger partial charge < -0.3 is 10.4 Å². The van der Waals surface area contributed by atoms with Crippen LogP contribution in [-0.2, 0) is 0 Å². The monoisotopic (exact) mass is 213 g/mol. The summed E-state index contributed by atoms with van der Waals surface area (Å²) in [6.07, 6.45) is 3.33. The molecular formula is C12H23NO2. The first kappa shape index (κ1) is 12.3. The van der Waals surface area contributed by atoms with Crippen LogP contribution in [0.15, 0.2) is 0 Å². The van der Waals surface area contributed by atoms with Crippen molar-refractivity contribution in [2.75, 3.05) is 0 Å². The van der Waals surface area contributed by atoms with Gasteiger partial charge in [0, 0.05) is 5.54 Å². The van der Waals surface area contributed by atoms with Crippen LogP contribution in [0.25, 0.3) is 0 Å². The van der Waals surface area contributed by atoms with E-state index in [1.54, 1.807) is 0 Å². The molecule has 3 heteroatoms. The number of carbonyl (C=O) groups is 1. The van der Waals surface area contributed by atoms with Gasteiger partial charge in [0.05, 0.1) is 0 Å². The fourth-order valence-corrected chi connectivity index (χ4v) is 3.39. The Balaban J connectivity index is 2.78. The van der Waals surface area contributed by atoms with Crippen LogP contribution in [0.2, 0.25) is 0 Å². The smallest absolute Gasteiger partial charge is 0.405 e. The molecule has 3 atom stereocenters. The van der Waals surface area contributed by atoms with Crippen LogP contribution in [0.3, 0.4) is 0 Å². The summed E-state index contributed by atoms with van der Waals surface area (Å²) in [5.74, 6) is 0.598. The van der Waals surface area contributed by atoms with Crippen molar-refractivity contribution in [2.24, 2.45) is 11.3 Å². The third-order valence-electron chi connectivity index (χ3n) is 3.72. The molecule has 1 rings (SSSR count). The van der Waals surface area contributed by atoms with Gasteiger partial charge in [-0.15, -0.1) is 0 Å². The summed E-state index contributed by atoms with van der Waals surface area (Å²) in [5.41, 5.74) is 0.0448. The van der Waals surface area contributed by atoms with Gasteiger partial charge in [-0.3, -0.25) is 0 Å². The summed E-state index contributed by atoms with van der Waals surface area (Å²) in [6, 6.07) is 0. The second kappa shape index (κ2) is 4.03. The predicted octanol–water partition coefficient (Wildman–Crippen LogP) is 3.25. The Kier molecular flexibility index (Phi) is 3.31. The summed E-state index contributed by atoms with van der Waals surface area (Å²) in [5, 5.41) is 11.5. The third kappa shape index (κ3) is 3.11. The second-order valence-electron chi connectivity index (χ2n) is 5.85. The molecule has 0 saturated heterocycles. The van der Waals surface area contributed by atoms with E-state index in [4.69, 9.17) is 5.11 Å². The van der Waals surface area contributed by atoms with Crippen LogP contribution >= 0.6 is 0 Å². The lowest BCUT2D eigenvalue weighted by molar-refractivity contribution is 0.0739. The van der Waals surface area contributed by atoms with Crippen LogP contribution in [-0.4, -0.2) is 16.7 Å². The highest BCUT2D eigenvalue weighted by Gasteiger charge is 2.42. The van der Waals surface area contributed by atoms with E-state index < -0.39 is 6.09 Å². The van der Waals surface area contributed by atoms with E-state index in [9.17, 15) is 4.79 Å². The molecule has 88 valence electrons. The van der Waals surface area contributed by atoms with E-state index in [2.05, 4.69) is 26.1 Å². The number of rotatable bonds is 2. The summed E-state index contributed by atoms with van der Waals surface area (Å²) in [7, 11) is 0. The SMILES string of the molecule is CC[C@@]1(C)C[C@H](C)C[C@@](C)(NC(=O)O)C1. The third-order valence-corrected chi connectivity index (χ3v) is 3.72. The first-order valence-electron chi connectivity index (χ1n) is 5.80. The number of hydrogen-bond acceptors (Lipinski definition) is 1. The van der Waals surface area contributed by atoms with Crippen molar-refractivity contribution < 1.29 is 9.90 Å². The van der Waals surface area contributed by atoms with Crippen molar-refractivity contribution >= 4 is 6.09 Å². The maximum Gasteiger partial charge on any atom is 0.405 e. The zero-order chi connectivity index (χ0) is 11.7. The molecule has 1 fully saturated rings. The lowest BCUT2D eigenvalue weighted by Crippen LogP contribution is -2.52. The molecule has 0 radical (unpaired) electrons. The van der Waals surface area contributed by atoms with Gasteiger partial charge in [0.15, 0.2) is 0 Å². The summed E-state index contributed by atoms with van der Waals surface area (Å²) < 4.78 is 0. The number of hydrogen-bond donors (Lipinski definition) is 2. The van der Waals surface area contributed by atoms with Crippen LogP contribution < -0.4 is 5.32 Å². The molecule has 3 nitrogen and oxygen atoms in total. The normalized spacial score (nSPS) is 41.2. The standard InChI is InChI=1S/C12H23NO2/c1-5-11(3)6-9(2)7-12(4,8-11)13-10(14)15/h9,13H,5-8H2,1-4H3,(H,14,15)/t9-,11-,12+/m0/s1. The highest BCUT2D eigenvalue weighted by molar-refractivity contribution is 5.65. The van der Waals surface area contributed by atoms with Crippen LogP contribution in [0.4, 0.5) is 4.79 Å². The Morgan fingerprint density at radius 3 is 2.53 bits per heavy atom. The van der Waals surface area contributed by atoms with Gasteiger partial charge in [-0.1, -0.05) is 27.2 Å². The molecule has 2 N–H and O–H groups in total. The number of amides is 1. The fraction of sp³-hybridized carbons (Fsp3) is 0.917. The minimum absolute atomic E-state index is 0.242. The summed E-state index contributed by atoms with van der Waals surface area (Å²) in [4.78, 5) is 10.8. The predicted molar refractivity (Wildman–Crippen MR) is 61.0 cm³/mol.